The molecule has 0 aliphatic heterocycles. The van der Waals surface area contributed by atoms with Crippen molar-refractivity contribution >= 4 is 11.6 Å². The topological polar surface area (TPSA) is 54.9 Å². The van der Waals surface area contributed by atoms with Crippen LogP contribution < -0.4 is 5.32 Å². The van der Waals surface area contributed by atoms with Gasteiger partial charge in [0.05, 0.1) is 11.9 Å². The van der Waals surface area contributed by atoms with Crippen LogP contribution in [0.5, 0.6) is 0 Å². The van der Waals surface area contributed by atoms with Gasteiger partial charge in [-0.25, -0.2) is 0 Å². The van der Waals surface area contributed by atoms with Crippen LogP contribution in [-0.4, -0.2) is 15.9 Å². The van der Waals surface area contributed by atoms with Gasteiger partial charge < -0.3 is 5.32 Å². The predicted octanol–water partition coefficient (Wildman–Crippen LogP) is 3.07. The molecular weight excluding hydrogens is 238 g/mol. The molecule has 4 heteroatoms. The zero-order valence-corrected chi connectivity index (χ0v) is 11.0. The Morgan fingerprint density at radius 3 is 2.79 bits per heavy atom. The van der Waals surface area contributed by atoms with Gasteiger partial charge in [0.15, 0.2) is 0 Å². The van der Waals surface area contributed by atoms with Crippen LogP contribution in [0.2, 0.25) is 0 Å². The standard InChI is InChI=1S/C15H17N3O/c1-2-3-5-12-7-8-14(17-10-12)15(19)18-13-6-4-9-16-11-13/h4,6-11H,2-3,5H2,1H3,(H,18,19). The van der Waals surface area contributed by atoms with Crippen molar-refractivity contribution in [2.75, 3.05) is 5.32 Å². The molecule has 0 spiro atoms. The Kier molecular flexibility index (Phi) is 4.61. The van der Waals surface area contributed by atoms with E-state index in [-0.39, 0.29) is 5.91 Å². The third-order valence-corrected chi connectivity index (χ3v) is 2.80. The molecule has 19 heavy (non-hydrogen) atoms. The summed E-state index contributed by atoms with van der Waals surface area (Å²) in [7, 11) is 0. The Labute approximate surface area is 112 Å². The molecule has 1 amide bonds. The van der Waals surface area contributed by atoms with E-state index in [4.69, 9.17) is 0 Å². The number of anilines is 1. The molecule has 0 aliphatic carbocycles. The van der Waals surface area contributed by atoms with Crippen LogP contribution in [0, 0.1) is 0 Å². The van der Waals surface area contributed by atoms with Crippen molar-refractivity contribution in [2.24, 2.45) is 0 Å². The van der Waals surface area contributed by atoms with Gasteiger partial charge in [-0.15, -0.1) is 0 Å². The van der Waals surface area contributed by atoms with Crippen molar-refractivity contribution in [3.8, 4) is 0 Å². The van der Waals surface area contributed by atoms with Gasteiger partial charge in [-0.2, -0.15) is 0 Å². The maximum absolute atomic E-state index is 11.9. The third-order valence-electron chi connectivity index (χ3n) is 2.80. The van der Waals surface area contributed by atoms with Crippen LogP contribution in [0.4, 0.5) is 5.69 Å². The van der Waals surface area contributed by atoms with Crippen LogP contribution in [0.15, 0.2) is 42.9 Å². The molecule has 2 heterocycles. The molecule has 2 aromatic rings. The molecule has 0 radical (unpaired) electrons. The summed E-state index contributed by atoms with van der Waals surface area (Å²) in [6.07, 6.45) is 8.35. The van der Waals surface area contributed by atoms with Gasteiger partial charge in [0.25, 0.3) is 5.91 Å². The van der Waals surface area contributed by atoms with Crippen LogP contribution in [-0.2, 0) is 6.42 Å². The third kappa shape index (κ3) is 3.88. The highest BCUT2D eigenvalue weighted by Crippen LogP contribution is 2.08. The van der Waals surface area contributed by atoms with Gasteiger partial charge in [-0.3, -0.25) is 14.8 Å². The Balaban J connectivity index is 1.99. The van der Waals surface area contributed by atoms with Gasteiger partial charge >= 0.3 is 0 Å². The van der Waals surface area contributed by atoms with E-state index < -0.39 is 0 Å². The Hall–Kier alpha value is -2.23. The lowest BCUT2D eigenvalue weighted by Gasteiger charge is -2.05. The van der Waals surface area contributed by atoms with Gasteiger partial charge in [0.2, 0.25) is 0 Å². The smallest absolute Gasteiger partial charge is 0.274 e. The first-order valence-corrected chi connectivity index (χ1v) is 6.46. The lowest BCUT2D eigenvalue weighted by molar-refractivity contribution is 0.102. The highest BCUT2D eigenvalue weighted by atomic mass is 16.1. The number of unbranched alkanes of at least 4 members (excludes halogenated alkanes) is 1. The van der Waals surface area contributed by atoms with Gasteiger partial charge in [-0.1, -0.05) is 19.4 Å². The van der Waals surface area contributed by atoms with E-state index in [2.05, 4.69) is 22.2 Å². The van der Waals surface area contributed by atoms with E-state index in [0.29, 0.717) is 11.4 Å². The highest BCUT2D eigenvalue weighted by Gasteiger charge is 2.07. The fourth-order valence-electron chi connectivity index (χ4n) is 1.72. The van der Waals surface area contributed by atoms with Gasteiger partial charge in [0, 0.05) is 12.4 Å². The summed E-state index contributed by atoms with van der Waals surface area (Å²) in [6.45, 7) is 2.16. The van der Waals surface area contributed by atoms with Gasteiger partial charge in [0.1, 0.15) is 5.69 Å². The lowest BCUT2D eigenvalue weighted by Crippen LogP contribution is -2.13. The molecule has 0 saturated carbocycles. The molecule has 0 unspecified atom stereocenters. The number of amides is 1. The number of aromatic nitrogens is 2. The van der Waals surface area contributed by atoms with E-state index in [1.165, 1.54) is 5.56 Å². The number of rotatable bonds is 5. The first kappa shape index (κ1) is 13.2. The Bertz CT molecular complexity index is 523. The average molecular weight is 255 g/mol. The monoisotopic (exact) mass is 255 g/mol. The number of hydrogen-bond donors (Lipinski definition) is 1. The fraction of sp³-hybridized carbons (Fsp3) is 0.267. The quantitative estimate of drug-likeness (QED) is 0.893. The molecule has 0 fully saturated rings. The summed E-state index contributed by atoms with van der Waals surface area (Å²) in [6, 6.07) is 7.29. The van der Waals surface area contributed by atoms with E-state index in [1.807, 2.05) is 6.07 Å². The van der Waals surface area contributed by atoms with E-state index >= 15 is 0 Å². The molecule has 2 rings (SSSR count). The normalized spacial score (nSPS) is 10.2. The molecule has 0 saturated heterocycles. The zero-order valence-electron chi connectivity index (χ0n) is 11.0. The summed E-state index contributed by atoms with van der Waals surface area (Å²) >= 11 is 0. The minimum atomic E-state index is -0.213. The second kappa shape index (κ2) is 6.64. The maximum Gasteiger partial charge on any atom is 0.274 e. The number of carbonyl (C=O) groups excluding carboxylic acids is 1. The first-order valence-electron chi connectivity index (χ1n) is 6.46. The summed E-state index contributed by atoms with van der Waals surface area (Å²) < 4.78 is 0. The largest absolute Gasteiger partial charge is 0.319 e. The zero-order chi connectivity index (χ0) is 13.5. The van der Waals surface area contributed by atoms with Gasteiger partial charge in [-0.05, 0) is 36.6 Å². The molecule has 2 aromatic heterocycles. The Morgan fingerprint density at radius 2 is 2.16 bits per heavy atom. The summed E-state index contributed by atoms with van der Waals surface area (Å²) in [4.78, 5) is 20.1. The minimum absolute atomic E-state index is 0.213. The van der Waals surface area contributed by atoms with Crippen molar-refractivity contribution in [1.29, 1.82) is 0 Å². The molecular formula is C15H17N3O. The summed E-state index contributed by atoms with van der Waals surface area (Å²) in [5, 5.41) is 2.76. The molecule has 4 nitrogen and oxygen atoms in total. The first-order chi connectivity index (χ1) is 9.29. The van der Waals surface area contributed by atoms with Crippen LogP contribution in [0.1, 0.15) is 35.8 Å². The van der Waals surface area contributed by atoms with E-state index in [1.54, 1.807) is 36.8 Å². The molecule has 0 atom stereocenters. The van der Waals surface area contributed by atoms with Crippen LogP contribution in [0.25, 0.3) is 0 Å². The summed E-state index contributed by atoms with van der Waals surface area (Å²) in [5.74, 6) is -0.213. The fourth-order valence-corrected chi connectivity index (χ4v) is 1.72. The van der Waals surface area contributed by atoms with Crippen molar-refractivity contribution in [3.05, 3.63) is 54.1 Å². The molecule has 0 aliphatic rings. The summed E-state index contributed by atoms with van der Waals surface area (Å²) in [5.41, 5.74) is 2.26. The number of aryl methyl sites for hydroxylation is 1. The predicted molar refractivity (Wildman–Crippen MR) is 75.0 cm³/mol. The van der Waals surface area contributed by atoms with Crippen molar-refractivity contribution < 1.29 is 4.79 Å². The van der Waals surface area contributed by atoms with Crippen LogP contribution >= 0.6 is 0 Å². The minimum Gasteiger partial charge on any atom is -0.319 e. The second-order valence-corrected chi connectivity index (χ2v) is 4.35. The number of hydrogen-bond acceptors (Lipinski definition) is 3. The van der Waals surface area contributed by atoms with Crippen molar-refractivity contribution in [3.63, 3.8) is 0 Å². The molecule has 98 valence electrons. The number of pyridine rings is 2. The van der Waals surface area contributed by atoms with Crippen molar-refractivity contribution in [1.82, 2.24) is 9.97 Å². The van der Waals surface area contributed by atoms with E-state index in [0.717, 1.165) is 19.3 Å². The molecule has 0 aromatic carbocycles. The maximum atomic E-state index is 11.9. The SMILES string of the molecule is CCCCc1ccc(C(=O)Nc2cccnc2)nc1. The van der Waals surface area contributed by atoms with Crippen LogP contribution in [0.3, 0.4) is 0 Å². The van der Waals surface area contributed by atoms with Crippen molar-refractivity contribution in [2.45, 2.75) is 26.2 Å². The van der Waals surface area contributed by atoms with E-state index in [9.17, 15) is 4.79 Å². The Morgan fingerprint density at radius 1 is 1.26 bits per heavy atom. The molecule has 1 N–H and O–H groups in total. The number of carbonyl (C=O) groups is 1. The average Bonchev–Trinajstić information content (AvgIpc) is 2.46. The lowest BCUT2D eigenvalue weighted by atomic mass is 10.1. The number of nitrogens with zero attached hydrogens (tertiary/aromatic N) is 2. The second-order valence-electron chi connectivity index (χ2n) is 4.35. The molecule has 0 bridgehead atoms. The highest BCUT2D eigenvalue weighted by molar-refractivity contribution is 6.02. The number of nitrogens with one attached hydrogen (secondary N) is 1.